The molecule has 3 heterocycles. The van der Waals surface area contributed by atoms with Crippen molar-refractivity contribution >= 4 is 12.6 Å². The largest absolute Gasteiger partial charge is 0.498 e. The molecule has 3 rings (SSSR count). The number of aromatic nitrogens is 3. The zero-order valence-corrected chi connectivity index (χ0v) is 13.1. The van der Waals surface area contributed by atoms with Gasteiger partial charge in [-0.05, 0) is 46.2 Å². The minimum absolute atomic E-state index is 0.372. The molecule has 0 amide bonds. The third kappa shape index (κ3) is 2.38. The van der Waals surface area contributed by atoms with E-state index in [9.17, 15) is 0 Å². The van der Waals surface area contributed by atoms with Gasteiger partial charge in [-0.2, -0.15) is 5.10 Å². The molecule has 1 aliphatic rings. The van der Waals surface area contributed by atoms with Gasteiger partial charge >= 0.3 is 7.12 Å². The lowest BCUT2D eigenvalue weighted by atomic mass is 9.78. The van der Waals surface area contributed by atoms with Crippen LogP contribution >= 0.6 is 0 Å². The first-order chi connectivity index (χ1) is 9.80. The Morgan fingerprint density at radius 3 is 2.38 bits per heavy atom. The number of rotatable bonds is 2. The van der Waals surface area contributed by atoms with Gasteiger partial charge < -0.3 is 9.31 Å². The van der Waals surface area contributed by atoms with Crippen molar-refractivity contribution in [3.05, 3.63) is 36.3 Å². The van der Waals surface area contributed by atoms with Crippen LogP contribution in [0.4, 0.5) is 0 Å². The van der Waals surface area contributed by atoms with Crippen molar-refractivity contribution in [2.45, 2.75) is 45.8 Å². The molecule has 0 spiro atoms. The summed E-state index contributed by atoms with van der Waals surface area (Å²) in [5.74, 6) is 0.740. The van der Waals surface area contributed by atoms with E-state index in [0.29, 0.717) is 0 Å². The molecule has 0 unspecified atom stereocenters. The van der Waals surface area contributed by atoms with Crippen LogP contribution in [0.1, 0.15) is 33.3 Å². The minimum atomic E-state index is -0.443. The molecule has 5 nitrogen and oxygen atoms in total. The second kappa shape index (κ2) is 4.68. The van der Waals surface area contributed by atoms with Gasteiger partial charge in [0.2, 0.25) is 0 Å². The number of aryl methyl sites for hydroxylation is 1. The summed E-state index contributed by atoms with van der Waals surface area (Å²) in [5, 5.41) is 4.26. The normalized spacial score (nSPS) is 20.0. The van der Waals surface area contributed by atoms with Gasteiger partial charge in [0.15, 0.2) is 5.82 Å². The summed E-state index contributed by atoms with van der Waals surface area (Å²) in [6, 6.07) is 3.92. The van der Waals surface area contributed by atoms with E-state index in [1.165, 1.54) is 0 Å². The first-order valence-corrected chi connectivity index (χ1v) is 7.12. The molecule has 0 radical (unpaired) electrons. The molecule has 1 fully saturated rings. The van der Waals surface area contributed by atoms with Crippen LogP contribution in [0.3, 0.4) is 0 Å². The van der Waals surface area contributed by atoms with Gasteiger partial charge in [-0.3, -0.25) is 0 Å². The van der Waals surface area contributed by atoms with E-state index < -0.39 is 7.12 Å². The van der Waals surface area contributed by atoms with E-state index in [0.717, 1.165) is 16.8 Å². The molecule has 1 saturated heterocycles. The fourth-order valence-corrected chi connectivity index (χ4v) is 2.31. The van der Waals surface area contributed by atoms with Crippen molar-refractivity contribution in [1.29, 1.82) is 0 Å². The molecular formula is C15H20BN3O2. The van der Waals surface area contributed by atoms with Gasteiger partial charge in [0.05, 0.1) is 11.2 Å². The smallest absolute Gasteiger partial charge is 0.399 e. The van der Waals surface area contributed by atoms with Crippen LogP contribution in [0.2, 0.25) is 0 Å². The lowest BCUT2D eigenvalue weighted by Crippen LogP contribution is -2.41. The van der Waals surface area contributed by atoms with Crippen molar-refractivity contribution in [2.24, 2.45) is 0 Å². The van der Waals surface area contributed by atoms with Gasteiger partial charge in [-0.1, -0.05) is 6.07 Å². The van der Waals surface area contributed by atoms with Gasteiger partial charge in [0, 0.05) is 24.1 Å². The highest BCUT2D eigenvalue weighted by Crippen LogP contribution is 2.36. The zero-order chi connectivity index (χ0) is 15.3. The van der Waals surface area contributed by atoms with Crippen LogP contribution in [0.25, 0.3) is 5.82 Å². The Bertz CT molecular complexity index is 637. The quantitative estimate of drug-likeness (QED) is 0.790. The Kier molecular flexibility index (Phi) is 3.18. The van der Waals surface area contributed by atoms with Crippen molar-refractivity contribution < 1.29 is 9.31 Å². The van der Waals surface area contributed by atoms with E-state index in [2.05, 4.69) is 10.1 Å². The number of pyridine rings is 1. The molecule has 2 aromatic heterocycles. The van der Waals surface area contributed by atoms with Crippen LogP contribution < -0.4 is 5.46 Å². The Hall–Kier alpha value is -1.66. The molecule has 1 aliphatic heterocycles. The minimum Gasteiger partial charge on any atom is -0.399 e. The summed E-state index contributed by atoms with van der Waals surface area (Å²) >= 11 is 0. The average molecular weight is 285 g/mol. The highest BCUT2D eigenvalue weighted by Gasteiger charge is 2.52. The number of hydrogen-bond donors (Lipinski definition) is 0. The molecular weight excluding hydrogens is 265 g/mol. The molecule has 0 atom stereocenters. The van der Waals surface area contributed by atoms with Crippen LogP contribution in [-0.2, 0) is 9.31 Å². The van der Waals surface area contributed by atoms with Gasteiger partial charge in [-0.25, -0.2) is 9.67 Å². The van der Waals surface area contributed by atoms with Gasteiger partial charge in [0.1, 0.15) is 0 Å². The zero-order valence-electron chi connectivity index (χ0n) is 13.1. The maximum atomic E-state index is 6.14. The standard InChI is InChI=1S/C15H20BN3O2/c1-11-9-12(13(17-10-11)19-8-6-7-18-19)16-20-14(2,3)15(4,5)21-16/h6-10H,1-5H3. The number of nitrogens with zero attached hydrogens (tertiary/aromatic N) is 3. The maximum absolute atomic E-state index is 6.14. The van der Waals surface area contributed by atoms with Crippen molar-refractivity contribution in [2.75, 3.05) is 0 Å². The Balaban J connectivity index is 2.05. The molecule has 110 valence electrons. The molecule has 6 heteroatoms. The monoisotopic (exact) mass is 285 g/mol. The topological polar surface area (TPSA) is 49.2 Å². The third-order valence-corrected chi connectivity index (χ3v) is 4.26. The first-order valence-electron chi connectivity index (χ1n) is 7.12. The molecule has 0 saturated carbocycles. The van der Waals surface area contributed by atoms with E-state index in [-0.39, 0.29) is 11.2 Å². The summed E-state index contributed by atoms with van der Waals surface area (Å²) in [7, 11) is -0.443. The summed E-state index contributed by atoms with van der Waals surface area (Å²) in [5.41, 5.74) is 1.22. The Morgan fingerprint density at radius 1 is 1.14 bits per heavy atom. The van der Waals surface area contributed by atoms with E-state index in [1.54, 1.807) is 10.9 Å². The lowest BCUT2D eigenvalue weighted by Gasteiger charge is -2.32. The third-order valence-electron chi connectivity index (χ3n) is 4.26. The molecule has 0 aromatic carbocycles. The van der Waals surface area contributed by atoms with E-state index in [4.69, 9.17) is 9.31 Å². The summed E-state index contributed by atoms with van der Waals surface area (Å²) in [6.45, 7) is 10.2. The number of hydrogen-bond acceptors (Lipinski definition) is 4. The maximum Gasteiger partial charge on any atom is 0.498 e. The van der Waals surface area contributed by atoms with Gasteiger partial charge in [-0.15, -0.1) is 0 Å². The summed E-state index contributed by atoms with van der Waals surface area (Å²) in [4.78, 5) is 4.50. The Morgan fingerprint density at radius 2 is 1.81 bits per heavy atom. The van der Waals surface area contributed by atoms with E-state index >= 15 is 0 Å². The van der Waals surface area contributed by atoms with Crippen molar-refractivity contribution in [3.8, 4) is 5.82 Å². The average Bonchev–Trinajstić information content (AvgIpc) is 2.97. The molecule has 2 aromatic rings. The molecule has 0 aliphatic carbocycles. The first kappa shape index (κ1) is 14.3. The predicted molar refractivity (Wildman–Crippen MR) is 81.8 cm³/mol. The fraction of sp³-hybridized carbons (Fsp3) is 0.467. The van der Waals surface area contributed by atoms with Crippen molar-refractivity contribution in [3.63, 3.8) is 0 Å². The van der Waals surface area contributed by atoms with Crippen LogP contribution in [0, 0.1) is 6.92 Å². The molecule has 21 heavy (non-hydrogen) atoms. The van der Waals surface area contributed by atoms with Crippen LogP contribution in [-0.4, -0.2) is 33.1 Å². The fourth-order valence-electron chi connectivity index (χ4n) is 2.31. The van der Waals surface area contributed by atoms with E-state index in [1.807, 2.05) is 59.1 Å². The summed E-state index contributed by atoms with van der Waals surface area (Å²) in [6.07, 6.45) is 5.42. The van der Waals surface area contributed by atoms with Crippen LogP contribution in [0.15, 0.2) is 30.7 Å². The SMILES string of the molecule is Cc1cnc(-n2cccn2)c(B2OC(C)(C)C(C)(C)O2)c1. The summed E-state index contributed by atoms with van der Waals surface area (Å²) < 4.78 is 14.0. The highest BCUT2D eigenvalue weighted by atomic mass is 16.7. The second-order valence-corrected chi connectivity index (χ2v) is 6.46. The molecule has 0 N–H and O–H groups in total. The highest BCUT2D eigenvalue weighted by molar-refractivity contribution is 6.63. The van der Waals surface area contributed by atoms with Crippen molar-refractivity contribution in [1.82, 2.24) is 14.8 Å². The lowest BCUT2D eigenvalue weighted by molar-refractivity contribution is 0.00578. The molecule has 0 bridgehead atoms. The van der Waals surface area contributed by atoms with Crippen LogP contribution in [0.5, 0.6) is 0 Å². The predicted octanol–water partition coefficient (Wildman–Crippen LogP) is 1.87. The Labute approximate surface area is 125 Å². The van der Waals surface area contributed by atoms with Gasteiger partial charge in [0.25, 0.3) is 0 Å². The second-order valence-electron chi connectivity index (χ2n) is 6.46.